The van der Waals surface area contributed by atoms with Crippen LogP contribution in [-0.4, -0.2) is 35.3 Å². The van der Waals surface area contributed by atoms with E-state index in [-0.39, 0.29) is 17.8 Å². The molecule has 1 atom stereocenters. The third-order valence-corrected chi connectivity index (χ3v) is 3.65. The zero-order valence-corrected chi connectivity index (χ0v) is 13.3. The van der Waals surface area contributed by atoms with Crippen molar-refractivity contribution in [2.45, 2.75) is 26.8 Å². The SMILES string of the molecule is CNC(C)CNC(=O)c1c(C)nn(-c2ccc(F)cc2)c1C. The molecule has 0 radical (unpaired) electrons. The third kappa shape index (κ3) is 3.33. The molecule has 1 aromatic heterocycles. The van der Waals surface area contributed by atoms with Crippen molar-refractivity contribution in [1.82, 2.24) is 20.4 Å². The number of aromatic nitrogens is 2. The first-order valence-corrected chi connectivity index (χ1v) is 7.21. The van der Waals surface area contributed by atoms with Gasteiger partial charge in [0.15, 0.2) is 0 Å². The molecule has 118 valence electrons. The standard InChI is InChI=1S/C16H21FN4O/c1-10(18-4)9-19-16(22)15-11(2)20-21(12(15)3)14-7-5-13(17)6-8-14/h5-8,10,18H,9H2,1-4H3,(H,19,22). The van der Waals surface area contributed by atoms with Gasteiger partial charge in [0, 0.05) is 12.6 Å². The topological polar surface area (TPSA) is 58.9 Å². The van der Waals surface area contributed by atoms with E-state index in [0.717, 1.165) is 11.4 Å². The van der Waals surface area contributed by atoms with E-state index in [9.17, 15) is 9.18 Å². The zero-order valence-electron chi connectivity index (χ0n) is 13.3. The van der Waals surface area contributed by atoms with Gasteiger partial charge in [-0.15, -0.1) is 0 Å². The summed E-state index contributed by atoms with van der Waals surface area (Å²) in [5, 5.41) is 10.4. The first-order valence-electron chi connectivity index (χ1n) is 7.21. The quantitative estimate of drug-likeness (QED) is 0.888. The van der Waals surface area contributed by atoms with Crippen LogP contribution < -0.4 is 10.6 Å². The van der Waals surface area contributed by atoms with Gasteiger partial charge >= 0.3 is 0 Å². The lowest BCUT2D eigenvalue weighted by Gasteiger charge is -2.11. The molecule has 0 saturated heterocycles. The van der Waals surface area contributed by atoms with Gasteiger partial charge in [-0.25, -0.2) is 9.07 Å². The molecule has 0 aliphatic heterocycles. The summed E-state index contributed by atoms with van der Waals surface area (Å²) in [6.07, 6.45) is 0. The molecule has 0 spiro atoms. The predicted molar refractivity (Wildman–Crippen MR) is 83.9 cm³/mol. The van der Waals surface area contributed by atoms with Crippen molar-refractivity contribution in [2.75, 3.05) is 13.6 Å². The van der Waals surface area contributed by atoms with Crippen LogP contribution >= 0.6 is 0 Å². The number of carbonyl (C=O) groups excluding carboxylic acids is 1. The van der Waals surface area contributed by atoms with E-state index >= 15 is 0 Å². The lowest BCUT2D eigenvalue weighted by Crippen LogP contribution is -2.37. The van der Waals surface area contributed by atoms with Crippen molar-refractivity contribution in [3.8, 4) is 5.69 Å². The molecular formula is C16H21FN4O. The van der Waals surface area contributed by atoms with Crippen LogP contribution in [-0.2, 0) is 0 Å². The van der Waals surface area contributed by atoms with Crippen molar-refractivity contribution in [3.63, 3.8) is 0 Å². The van der Waals surface area contributed by atoms with Crippen LogP contribution in [0.25, 0.3) is 5.69 Å². The highest BCUT2D eigenvalue weighted by Crippen LogP contribution is 2.18. The van der Waals surface area contributed by atoms with E-state index in [4.69, 9.17) is 0 Å². The number of hydrogen-bond donors (Lipinski definition) is 2. The van der Waals surface area contributed by atoms with Crippen molar-refractivity contribution in [2.24, 2.45) is 0 Å². The summed E-state index contributed by atoms with van der Waals surface area (Å²) in [5.74, 6) is -0.449. The summed E-state index contributed by atoms with van der Waals surface area (Å²) in [4.78, 5) is 12.4. The smallest absolute Gasteiger partial charge is 0.255 e. The van der Waals surface area contributed by atoms with E-state index < -0.39 is 0 Å². The summed E-state index contributed by atoms with van der Waals surface area (Å²) in [6.45, 7) is 6.15. The maximum absolute atomic E-state index is 13.0. The highest BCUT2D eigenvalue weighted by Gasteiger charge is 2.19. The average molecular weight is 304 g/mol. The summed E-state index contributed by atoms with van der Waals surface area (Å²) in [6, 6.07) is 6.22. The van der Waals surface area contributed by atoms with Crippen LogP contribution in [0.5, 0.6) is 0 Å². The minimum absolute atomic E-state index is 0.148. The molecule has 2 rings (SSSR count). The molecule has 1 unspecified atom stereocenters. The summed E-state index contributed by atoms with van der Waals surface area (Å²) in [5.41, 5.74) is 2.67. The molecule has 0 aliphatic rings. The van der Waals surface area contributed by atoms with Crippen molar-refractivity contribution in [1.29, 1.82) is 0 Å². The van der Waals surface area contributed by atoms with Crippen LogP contribution in [0, 0.1) is 19.7 Å². The van der Waals surface area contributed by atoms with E-state index in [2.05, 4.69) is 15.7 Å². The molecule has 2 N–H and O–H groups in total. The second kappa shape index (κ2) is 6.70. The fourth-order valence-electron chi connectivity index (χ4n) is 2.24. The number of amides is 1. The fraction of sp³-hybridized carbons (Fsp3) is 0.375. The van der Waals surface area contributed by atoms with Gasteiger partial charge in [-0.3, -0.25) is 4.79 Å². The number of aryl methyl sites for hydroxylation is 1. The molecule has 2 aromatic rings. The Morgan fingerprint density at radius 3 is 2.55 bits per heavy atom. The highest BCUT2D eigenvalue weighted by molar-refractivity contribution is 5.96. The molecule has 5 nitrogen and oxygen atoms in total. The van der Waals surface area contributed by atoms with Gasteiger partial charge in [0.2, 0.25) is 0 Å². The average Bonchev–Trinajstić information content (AvgIpc) is 2.80. The fourth-order valence-corrected chi connectivity index (χ4v) is 2.24. The Balaban J connectivity index is 2.27. The molecule has 1 heterocycles. The maximum Gasteiger partial charge on any atom is 0.255 e. The van der Waals surface area contributed by atoms with Crippen LogP contribution in [0.15, 0.2) is 24.3 Å². The van der Waals surface area contributed by atoms with E-state index in [1.165, 1.54) is 12.1 Å². The van der Waals surface area contributed by atoms with E-state index in [1.807, 2.05) is 20.9 Å². The Bertz CT molecular complexity index is 664. The molecule has 0 bridgehead atoms. The molecule has 1 amide bonds. The van der Waals surface area contributed by atoms with Crippen molar-refractivity contribution < 1.29 is 9.18 Å². The van der Waals surface area contributed by atoms with Crippen LogP contribution in [0.3, 0.4) is 0 Å². The summed E-state index contributed by atoms with van der Waals surface area (Å²) in [7, 11) is 1.85. The van der Waals surface area contributed by atoms with Gasteiger partial charge in [0.1, 0.15) is 5.82 Å². The predicted octanol–water partition coefficient (Wildman–Crippen LogP) is 1.97. The number of carbonyl (C=O) groups is 1. The Labute approximate surface area is 129 Å². The van der Waals surface area contributed by atoms with Gasteiger partial charge in [-0.2, -0.15) is 5.10 Å². The van der Waals surface area contributed by atoms with Crippen LogP contribution in [0.1, 0.15) is 28.7 Å². The highest BCUT2D eigenvalue weighted by atomic mass is 19.1. The molecule has 1 aromatic carbocycles. The largest absolute Gasteiger partial charge is 0.350 e. The zero-order chi connectivity index (χ0) is 16.3. The van der Waals surface area contributed by atoms with E-state index in [1.54, 1.807) is 23.7 Å². The molecule has 22 heavy (non-hydrogen) atoms. The number of hydrogen-bond acceptors (Lipinski definition) is 3. The Morgan fingerprint density at radius 2 is 1.95 bits per heavy atom. The lowest BCUT2D eigenvalue weighted by atomic mass is 10.1. The monoisotopic (exact) mass is 304 g/mol. The number of likely N-dealkylation sites (N-methyl/N-ethyl adjacent to an activating group) is 1. The molecule has 0 saturated carbocycles. The van der Waals surface area contributed by atoms with Gasteiger partial charge in [-0.1, -0.05) is 0 Å². The molecular weight excluding hydrogens is 283 g/mol. The summed E-state index contributed by atoms with van der Waals surface area (Å²) < 4.78 is 14.7. The molecule has 0 aliphatic carbocycles. The Kier molecular flexibility index (Phi) is 4.92. The Hall–Kier alpha value is -2.21. The first-order chi connectivity index (χ1) is 10.4. The second-order valence-corrected chi connectivity index (χ2v) is 5.33. The first kappa shape index (κ1) is 16.2. The number of rotatable bonds is 5. The number of nitrogens with one attached hydrogen (secondary N) is 2. The minimum atomic E-state index is -0.302. The lowest BCUT2D eigenvalue weighted by molar-refractivity contribution is 0.0949. The number of nitrogens with zero attached hydrogens (tertiary/aromatic N) is 2. The number of halogens is 1. The van der Waals surface area contributed by atoms with Gasteiger partial charge in [-0.05, 0) is 52.1 Å². The minimum Gasteiger partial charge on any atom is -0.350 e. The third-order valence-electron chi connectivity index (χ3n) is 3.65. The number of benzene rings is 1. The van der Waals surface area contributed by atoms with Crippen LogP contribution in [0.4, 0.5) is 4.39 Å². The van der Waals surface area contributed by atoms with Crippen LogP contribution in [0.2, 0.25) is 0 Å². The van der Waals surface area contributed by atoms with Crippen molar-refractivity contribution >= 4 is 5.91 Å². The van der Waals surface area contributed by atoms with Gasteiger partial charge in [0.25, 0.3) is 5.91 Å². The maximum atomic E-state index is 13.0. The van der Waals surface area contributed by atoms with Gasteiger partial charge in [0.05, 0.1) is 22.6 Å². The van der Waals surface area contributed by atoms with Gasteiger partial charge < -0.3 is 10.6 Å². The molecule has 6 heteroatoms. The normalized spacial score (nSPS) is 12.2. The second-order valence-electron chi connectivity index (χ2n) is 5.33. The molecule has 0 fully saturated rings. The Morgan fingerprint density at radius 1 is 1.32 bits per heavy atom. The summed E-state index contributed by atoms with van der Waals surface area (Å²) >= 11 is 0. The van der Waals surface area contributed by atoms with E-state index in [0.29, 0.717) is 17.8 Å². The van der Waals surface area contributed by atoms with Crippen molar-refractivity contribution in [3.05, 3.63) is 47.0 Å².